The van der Waals surface area contributed by atoms with E-state index in [0.717, 1.165) is 19.4 Å². The van der Waals surface area contributed by atoms with Crippen molar-refractivity contribution < 1.29 is 4.79 Å². The third-order valence-electron chi connectivity index (χ3n) is 5.24. The average Bonchev–Trinajstić information content (AvgIpc) is 2.71. The smallest absolute Gasteiger partial charge is 0.220 e. The highest BCUT2D eigenvalue weighted by Gasteiger charge is 2.00. The second-order valence-electron chi connectivity index (χ2n) is 7.92. The molecule has 0 fully saturated rings. The van der Waals surface area contributed by atoms with Crippen molar-refractivity contribution in [2.24, 2.45) is 0 Å². The van der Waals surface area contributed by atoms with Gasteiger partial charge in [-0.05, 0) is 44.1 Å². The molecule has 0 saturated heterocycles. The van der Waals surface area contributed by atoms with Gasteiger partial charge >= 0.3 is 0 Å². The van der Waals surface area contributed by atoms with E-state index in [1.807, 2.05) is 18.2 Å². The number of carbonyl (C=O) groups is 1. The number of rotatable bonds is 18. The van der Waals surface area contributed by atoms with Gasteiger partial charge in [-0.2, -0.15) is 0 Å². The van der Waals surface area contributed by atoms with Crippen molar-refractivity contribution in [3.05, 3.63) is 48.0 Å². The minimum atomic E-state index is 0.202. The van der Waals surface area contributed by atoms with Crippen molar-refractivity contribution in [2.45, 2.75) is 103 Å². The zero-order valence-corrected chi connectivity index (χ0v) is 18.3. The van der Waals surface area contributed by atoms with Gasteiger partial charge in [0, 0.05) is 13.0 Å². The van der Waals surface area contributed by atoms with Crippen LogP contribution in [-0.2, 0) is 11.2 Å². The van der Waals surface area contributed by atoms with Gasteiger partial charge in [0.1, 0.15) is 0 Å². The molecule has 0 aliphatic carbocycles. The van der Waals surface area contributed by atoms with Crippen LogP contribution in [0.5, 0.6) is 0 Å². The fourth-order valence-corrected chi connectivity index (χ4v) is 3.44. The van der Waals surface area contributed by atoms with Crippen LogP contribution in [0.3, 0.4) is 0 Å². The molecule has 1 aromatic carbocycles. The second kappa shape index (κ2) is 18.8. The quantitative estimate of drug-likeness (QED) is 0.207. The van der Waals surface area contributed by atoms with Crippen LogP contribution in [0, 0.1) is 0 Å². The summed E-state index contributed by atoms with van der Waals surface area (Å²) in [6, 6.07) is 10.3. The molecule has 2 nitrogen and oxygen atoms in total. The second-order valence-corrected chi connectivity index (χ2v) is 7.92. The van der Waals surface area contributed by atoms with Crippen molar-refractivity contribution >= 4 is 5.91 Å². The van der Waals surface area contributed by atoms with E-state index in [9.17, 15) is 4.79 Å². The molecule has 0 aliphatic rings. The maximum absolute atomic E-state index is 11.8. The number of nitrogens with one attached hydrogen (secondary N) is 1. The van der Waals surface area contributed by atoms with Gasteiger partial charge in [0.15, 0.2) is 0 Å². The van der Waals surface area contributed by atoms with Crippen LogP contribution in [0.25, 0.3) is 0 Å². The third kappa shape index (κ3) is 15.5. The van der Waals surface area contributed by atoms with E-state index in [0.29, 0.717) is 6.42 Å². The lowest BCUT2D eigenvalue weighted by atomic mass is 10.1. The molecular formula is C26H43NO. The third-order valence-corrected chi connectivity index (χ3v) is 5.24. The first-order chi connectivity index (χ1) is 13.8. The van der Waals surface area contributed by atoms with Crippen LogP contribution < -0.4 is 5.32 Å². The zero-order valence-electron chi connectivity index (χ0n) is 18.3. The van der Waals surface area contributed by atoms with Gasteiger partial charge in [0.05, 0.1) is 0 Å². The van der Waals surface area contributed by atoms with Crippen LogP contribution >= 0.6 is 0 Å². The Kier molecular flexibility index (Phi) is 16.4. The number of hydrogen-bond acceptors (Lipinski definition) is 1. The molecule has 0 aliphatic heterocycles. The molecule has 0 heterocycles. The minimum Gasteiger partial charge on any atom is -0.356 e. The van der Waals surface area contributed by atoms with Gasteiger partial charge in [0.25, 0.3) is 0 Å². The Labute approximate surface area is 174 Å². The van der Waals surface area contributed by atoms with Crippen LogP contribution in [0.15, 0.2) is 42.5 Å². The van der Waals surface area contributed by atoms with Gasteiger partial charge in [-0.15, -0.1) is 0 Å². The Morgan fingerprint density at radius 3 is 2.00 bits per heavy atom. The minimum absolute atomic E-state index is 0.202. The van der Waals surface area contributed by atoms with E-state index < -0.39 is 0 Å². The molecule has 1 N–H and O–H groups in total. The molecule has 0 bridgehead atoms. The lowest BCUT2D eigenvalue weighted by Gasteiger charge is -2.05. The molecule has 0 aromatic heterocycles. The number of hydrogen-bond donors (Lipinski definition) is 1. The first-order valence-corrected chi connectivity index (χ1v) is 11.8. The summed E-state index contributed by atoms with van der Waals surface area (Å²) in [6.45, 7) is 3.02. The molecule has 158 valence electrons. The Hall–Kier alpha value is -1.57. The summed E-state index contributed by atoms with van der Waals surface area (Å²) in [7, 11) is 0. The van der Waals surface area contributed by atoms with Gasteiger partial charge in [-0.25, -0.2) is 0 Å². The van der Waals surface area contributed by atoms with E-state index in [2.05, 4.69) is 36.5 Å². The Morgan fingerprint density at radius 1 is 0.786 bits per heavy atom. The van der Waals surface area contributed by atoms with Crippen molar-refractivity contribution in [3.8, 4) is 0 Å². The molecule has 0 unspecified atom stereocenters. The van der Waals surface area contributed by atoms with Gasteiger partial charge in [-0.3, -0.25) is 4.79 Å². The molecule has 1 rings (SSSR count). The predicted molar refractivity (Wildman–Crippen MR) is 123 cm³/mol. The van der Waals surface area contributed by atoms with E-state index in [1.54, 1.807) is 0 Å². The lowest BCUT2D eigenvalue weighted by Crippen LogP contribution is -2.25. The summed E-state index contributed by atoms with van der Waals surface area (Å²) >= 11 is 0. The average molecular weight is 386 g/mol. The number of unbranched alkanes of at least 4 members (excludes halogenated alkanes) is 11. The van der Waals surface area contributed by atoms with E-state index in [4.69, 9.17) is 0 Å². The number of allylic oxidation sites excluding steroid dienone is 2. The molecule has 0 spiro atoms. The predicted octanol–water partition coefficient (Wildman–Crippen LogP) is 7.38. The van der Waals surface area contributed by atoms with Gasteiger partial charge < -0.3 is 5.32 Å². The molecular weight excluding hydrogens is 342 g/mol. The summed E-state index contributed by atoms with van der Waals surface area (Å²) in [6.07, 6.45) is 23.1. The maximum Gasteiger partial charge on any atom is 0.220 e. The number of carbonyl (C=O) groups excluding carboxylic acids is 1. The molecule has 2 heteroatoms. The van der Waals surface area contributed by atoms with Crippen molar-refractivity contribution in [3.63, 3.8) is 0 Å². The molecule has 0 saturated carbocycles. The van der Waals surface area contributed by atoms with E-state index in [1.165, 1.54) is 82.6 Å². The topological polar surface area (TPSA) is 29.1 Å². The molecule has 0 atom stereocenters. The maximum atomic E-state index is 11.8. The van der Waals surface area contributed by atoms with Crippen molar-refractivity contribution in [1.29, 1.82) is 0 Å². The van der Waals surface area contributed by atoms with E-state index in [-0.39, 0.29) is 5.91 Å². The Balaban J connectivity index is 1.81. The summed E-state index contributed by atoms with van der Waals surface area (Å²) in [5, 5.41) is 3.03. The zero-order chi connectivity index (χ0) is 20.1. The Bertz CT molecular complexity index is 494. The number of benzene rings is 1. The molecule has 0 radical (unpaired) electrons. The summed E-state index contributed by atoms with van der Waals surface area (Å²) < 4.78 is 0. The van der Waals surface area contributed by atoms with Gasteiger partial charge in [-0.1, -0.05) is 101 Å². The van der Waals surface area contributed by atoms with Crippen molar-refractivity contribution in [1.82, 2.24) is 5.32 Å². The normalized spacial score (nSPS) is 11.2. The van der Waals surface area contributed by atoms with E-state index >= 15 is 0 Å². The standard InChI is InChI=1S/C26H43NO/c1-2-3-4-5-6-7-8-9-10-11-12-13-14-15-19-22-26(28)27-24-23-25-20-17-16-18-21-25/h9-10,16-18,20-21H,2-8,11-15,19,22-24H2,1H3,(H,27,28)/b10-9+. The van der Waals surface area contributed by atoms with Crippen LogP contribution in [0.4, 0.5) is 0 Å². The highest BCUT2D eigenvalue weighted by Crippen LogP contribution is 2.10. The summed E-state index contributed by atoms with van der Waals surface area (Å²) in [4.78, 5) is 11.8. The van der Waals surface area contributed by atoms with Crippen LogP contribution in [0.1, 0.15) is 102 Å². The van der Waals surface area contributed by atoms with Gasteiger partial charge in [0.2, 0.25) is 5.91 Å². The number of amides is 1. The fraction of sp³-hybridized carbons (Fsp3) is 0.654. The molecule has 1 amide bonds. The van der Waals surface area contributed by atoms with Crippen LogP contribution in [-0.4, -0.2) is 12.5 Å². The lowest BCUT2D eigenvalue weighted by molar-refractivity contribution is -0.121. The van der Waals surface area contributed by atoms with Crippen molar-refractivity contribution in [2.75, 3.05) is 6.54 Å². The highest BCUT2D eigenvalue weighted by molar-refractivity contribution is 5.75. The summed E-state index contributed by atoms with van der Waals surface area (Å²) in [5.41, 5.74) is 1.28. The molecule has 28 heavy (non-hydrogen) atoms. The monoisotopic (exact) mass is 385 g/mol. The fourth-order valence-electron chi connectivity index (χ4n) is 3.44. The first kappa shape index (κ1) is 24.5. The molecule has 1 aromatic rings. The first-order valence-electron chi connectivity index (χ1n) is 11.8. The highest BCUT2D eigenvalue weighted by atomic mass is 16.1. The Morgan fingerprint density at radius 2 is 1.36 bits per heavy atom. The largest absolute Gasteiger partial charge is 0.356 e. The van der Waals surface area contributed by atoms with Crippen LogP contribution in [0.2, 0.25) is 0 Å². The summed E-state index contributed by atoms with van der Waals surface area (Å²) in [5.74, 6) is 0.202. The SMILES string of the molecule is CCCCCCCC/C=C/CCCCCCCC(=O)NCCc1ccccc1.